The molecule has 0 spiro atoms. The fraction of sp³-hybridized carbons (Fsp3) is 0.600. The Hall–Kier alpha value is -1.73. The fourth-order valence-corrected chi connectivity index (χ4v) is 0.369. The van der Waals surface area contributed by atoms with Crippen molar-refractivity contribution >= 4 is 6.40 Å². The quantitative estimate of drug-likeness (QED) is 0.197. The summed E-state index contributed by atoms with van der Waals surface area (Å²) < 4.78 is 4.48. The number of hydrogen-bond donors (Lipinski definition) is 0. The van der Waals surface area contributed by atoms with Gasteiger partial charge < -0.3 is 4.74 Å². The van der Waals surface area contributed by atoms with Gasteiger partial charge >= 0.3 is 0 Å². The van der Waals surface area contributed by atoms with Gasteiger partial charge in [-0.3, -0.25) is 0 Å². The van der Waals surface area contributed by atoms with Gasteiger partial charge in [0, 0.05) is 4.91 Å². The molecule has 0 amide bonds. The summed E-state index contributed by atoms with van der Waals surface area (Å²) in [6, 6.07) is 1.18. The molecule has 1 atom stereocenters. The van der Waals surface area contributed by atoms with Crippen molar-refractivity contribution in [2.24, 2.45) is 10.1 Å². The average Bonchev–Trinajstić information content (AvgIpc) is 2.05. The SMILES string of the molecule is COC=NC(C#N)CN=[N+]=[N-]. The van der Waals surface area contributed by atoms with Crippen LogP contribution in [0.25, 0.3) is 10.4 Å². The normalized spacial score (nSPS) is 11.6. The molecule has 0 aliphatic rings. The Balaban J connectivity index is 3.88. The van der Waals surface area contributed by atoms with E-state index in [-0.39, 0.29) is 6.54 Å². The molecule has 6 nitrogen and oxygen atoms in total. The maximum atomic E-state index is 8.38. The van der Waals surface area contributed by atoms with Gasteiger partial charge in [-0.25, -0.2) is 4.99 Å². The Bertz CT molecular complexity index is 211. The van der Waals surface area contributed by atoms with Crippen molar-refractivity contribution in [1.29, 1.82) is 5.26 Å². The number of methoxy groups -OCH3 is 1. The van der Waals surface area contributed by atoms with Gasteiger partial charge in [0.2, 0.25) is 0 Å². The molecular weight excluding hydrogens is 146 g/mol. The largest absolute Gasteiger partial charge is 0.487 e. The summed E-state index contributed by atoms with van der Waals surface area (Å²) in [5.41, 5.74) is 7.90. The molecule has 0 N–H and O–H groups in total. The molecule has 0 aromatic heterocycles. The van der Waals surface area contributed by atoms with Gasteiger partial charge in [0.1, 0.15) is 6.04 Å². The standard InChI is InChI=1S/C5H7N5O/c1-11-4-8-5(2-6)3-9-10-7/h4-5H,3H2,1H3. The Morgan fingerprint density at radius 1 is 1.91 bits per heavy atom. The Labute approximate surface area is 63.7 Å². The number of aliphatic imine (C=N–C) groups is 1. The highest BCUT2D eigenvalue weighted by molar-refractivity contribution is 5.46. The van der Waals surface area contributed by atoms with Crippen molar-refractivity contribution in [1.82, 2.24) is 0 Å². The van der Waals surface area contributed by atoms with Gasteiger partial charge in [-0.2, -0.15) is 5.26 Å². The van der Waals surface area contributed by atoms with Crippen LogP contribution in [0, 0.1) is 11.3 Å². The average molecular weight is 153 g/mol. The summed E-state index contributed by atoms with van der Waals surface area (Å²) in [5.74, 6) is 0. The fourth-order valence-electron chi connectivity index (χ4n) is 0.369. The lowest BCUT2D eigenvalue weighted by Crippen LogP contribution is -2.05. The van der Waals surface area contributed by atoms with Crippen LogP contribution in [-0.4, -0.2) is 26.1 Å². The van der Waals surface area contributed by atoms with Crippen LogP contribution in [0.15, 0.2) is 10.1 Å². The van der Waals surface area contributed by atoms with Crippen LogP contribution in [0.3, 0.4) is 0 Å². The molecule has 1 unspecified atom stereocenters. The lowest BCUT2D eigenvalue weighted by molar-refractivity contribution is 0.419. The number of azide groups is 1. The van der Waals surface area contributed by atoms with E-state index in [0.29, 0.717) is 0 Å². The molecule has 11 heavy (non-hydrogen) atoms. The minimum atomic E-state index is -0.647. The first-order valence-corrected chi connectivity index (χ1v) is 2.80. The molecule has 0 aromatic rings. The number of nitriles is 1. The predicted octanol–water partition coefficient (Wildman–Crippen LogP) is 0.864. The summed E-state index contributed by atoms with van der Waals surface area (Å²) in [4.78, 5) is 6.12. The third kappa shape index (κ3) is 4.75. The highest BCUT2D eigenvalue weighted by Gasteiger charge is 1.99. The van der Waals surface area contributed by atoms with E-state index in [1.54, 1.807) is 0 Å². The molecular formula is C5H7N5O. The smallest absolute Gasteiger partial charge is 0.170 e. The Kier molecular flexibility index (Phi) is 5.39. The van der Waals surface area contributed by atoms with Crippen LogP contribution in [0.2, 0.25) is 0 Å². The number of nitrogens with zero attached hydrogens (tertiary/aromatic N) is 5. The van der Waals surface area contributed by atoms with Crippen LogP contribution >= 0.6 is 0 Å². The molecule has 6 heteroatoms. The van der Waals surface area contributed by atoms with Crippen molar-refractivity contribution in [2.45, 2.75) is 6.04 Å². The molecule has 0 aliphatic heterocycles. The van der Waals surface area contributed by atoms with Crippen LogP contribution in [0.1, 0.15) is 0 Å². The zero-order valence-corrected chi connectivity index (χ0v) is 6.01. The van der Waals surface area contributed by atoms with Crippen molar-refractivity contribution in [2.75, 3.05) is 13.7 Å². The van der Waals surface area contributed by atoms with Gasteiger partial charge in [0.25, 0.3) is 0 Å². The highest BCUT2D eigenvalue weighted by atomic mass is 16.5. The molecule has 0 aliphatic carbocycles. The van der Waals surface area contributed by atoms with Crippen molar-refractivity contribution < 1.29 is 4.74 Å². The van der Waals surface area contributed by atoms with E-state index in [1.165, 1.54) is 7.11 Å². The monoisotopic (exact) mass is 153 g/mol. The molecule has 58 valence electrons. The maximum Gasteiger partial charge on any atom is 0.170 e. The molecule has 0 aromatic carbocycles. The van der Waals surface area contributed by atoms with Gasteiger partial charge in [-0.15, -0.1) is 0 Å². The van der Waals surface area contributed by atoms with E-state index < -0.39 is 6.04 Å². The summed E-state index contributed by atoms with van der Waals surface area (Å²) in [6.45, 7) is 0.0346. The number of ether oxygens (including phenoxy) is 1. The van der Waals surface area contributed by atoms with Crippen LogP contribution in [-0.2, 0) is 4.74 Å². The lowest BCUT2D eigenvalue weighted by Gasteiger charge is -1.94. The van der Waals surface area contributed by atoms with Gasteiger partial charge in [-0.1, -0.05) is 5.11 Å². The molecule has 0 saturated heterocycles. The molecule has 0 heterocycles. The van der Waals surface area contributed by atoms with Gasteiger partial charge in [0.05, 0.1) is 19.7 Å². The van der Waals surface area contributed by atoms with Crippen LogP contribution in [0.5, 0.6) is 0 Å². The molecule has 0 fully saturated rings. The summed E-state index contributed by atoms with van der Waals surface area (Å²) in [6.07, 6.45) is 1.14. The molecule has 0 radical (unpaired) electrons. The van der Waals surface area contributed by atoms with E-state index in [9.17, 15) is 0 Å². The Morgan fingerprint density at radius 2 is 2.64 bits per heavy atom. The van der Waals surface area contributed by atoms with Crippen molar-refractivity contribution in [3.05, 3.63) is 10.4 Å². The second kappa shape index (κ2) is 6.39. The lowest BCUT2D eigenvalue weighted by atomic mass is 10.3. The van der Waals surface area contributed by atoms with E-state index in [0.717, 1.165) is 6.40 Å². The first-order valence-electron chi connectivity index (χ1n) is 2.80. The van der Waals surface area contributed by atoms with E-state index >= 15 is 0 Å². The van der Waals surface area contributed by atoms with Crippen LogP contribution in [0.4, 0.5) is 0 Å². The summed E-state index contributed by atoms with van der Waals surface area (Å²) in [7, 11) is 1.42. The van der Waals surface area contributed by atoms with Crippen LogP contribution < -0.4 is 0 Å². The number of hydrogen-bond acceptors (Lipinski definition) is 4. The summed E-state index contributed by atoms with van der Waals surface area (Å²) in [5, 5.41) is 11.6. The Morgan fingerprint density at radius 3 is 3.09 bits per heavy atom. The highest BCUT2D eigenvalue weighted by Crippen LogP contribution is 1.88. The minimum Gasteiger partial charge on any atom is -0.487 e. The van der Waals surface area contributed by atoms with Crippen molar-refractivity contribution in [3.8, 4) is 6.07 Å². The third-order valence-corrected chi connectivity index (χ3v) is 0.813. The molecule has 0 rings (SSSR count). The summed E-state index contributed by atoms with van der Waals surface area (Å²) >= 11 is 0. The topological polar surface area (TPSA) is 94.1 Å². The molecule has 0 bridgehead atoms. The second-order valence-electron chi connectivity index (χ2n) is 1.55. The third-order valence-electron chi connectivity index (χ3n) is 0.813. The maximum absolute atomic E-state index is 8.38. The van der Waals surface area contributed by atoms with E-state index in [1.807, 2.05) is 6.07 Å². The first-order chi connectivity index (χ1) is 5.35. The van der Waals surface area contributed by atoms with Gasteiger partial charge in [0.15, 0.2) is 6.40 Å². The van der Waals surface area contributed by atoms with Crippen molar-refractivity contribution in [3.63, 3.8) is 0 Å². The van der Waals surface area contributed by atoms with Gasteiger partial charge in [-0.05, 0) is 5.53 Å². The number of rotatable bonds is 4. The molecule has 0 saturated carbocycles. The zero-order chi connectivity index (χ0) is 8.53. The zero-order valence-electron chi connectivity index (χ0n) is 6.01. The van der Waals surface area contributed by atoms with E-state index in [4.69, 9.17) is 10.8 Å². The first kappa shape index (κ1) is 9.27. The van der Waals surface area contributed by atoms with E-state index in [2.05, 4.69) is 19.8 Å². The second-order valence-corrected chi connectivity index (χ2v) is 1.55. The minimum absolute atomic E-state index is 0.0346. The predicted molar refractivity (Wildman–Crippen MR) is 38.9 cm³/mol.